The quantitative estimate of drug-likeness (QED) is 0.0198. The van der Waals surface area contributed by atoms with Crippen LogP contribution in [0.15, 0.2) is 42.5 Å². The first-order valence-corrected chi connectivity index (χ1v) is 37.2. The molecule has 460 valence electrons. The van der Waals surface area contributed by atoms with Crippen molar-refractivity contribution in [2.75, 3.05) is 132 Å². The topological polar surface area (TPSA) is 199 Å². The molecule has 4 unspecified atom stereocenters. The van der Waals surface area contributed by atoms with E-state index < -0.39 is 44.0 Å². The molecule has 0 aromatic heterocycles. The summed E-state index contributed by atoms with van der Waals surface area (Å²) in [6.45, 7) is 18.0. The van der Waals surface area contributed by atoms with Gasteiger partial charge in [0.1, 0.15) is 6.10 Å². The molecular weight excluding hydrogens is 1100 g/mol. The van der Waals surface area contributed by atoms with Gasteiger partial charge in [0.2, 0.25) is 0 Å². The second kappa shape index (κ2) is 45.3. The number of fused-ring (bicyclic) bond motifs is 1. The van der Waals surface area contributed by atoms with Crippen LogP contribution in [0.1, 0.15) is 112 Å². The lowest BCUT2D eigenvalue weighted by Crippen LogP contribution is -2.54. The third-order valence-electron chi connectivity index (χ3n) is 13.3. The van der Waals surface area contributed by atoms with Crippen molar-refractivity contribution in [3.63, 3.8) is 0 Å². The van der Waals surface area contributed by atoms with Crippen molar-refractivity contribution in [2.45, 2.75) is 154 Å². The van der Waals surface area contributed by atoms with Gasteiger partial charge in [0, 0.05) is 147 Å². The Bertz CT molecular complexity index is 1540. The lowest BCUT2D eigenvalue weighted by atomic mass is 9.88. The summed E-state index contributed by atoms with van der Waals surface area (Å²) in [6.07, 6.45) is 15.6. The van der Waals surface area contributed by atoms with Crippen LogP contribution in [0.25, 0.3) is 0 Å². The van der Waals surface area contributed by atoms with E-state index in [-0.39, 0.29) is 5.97 Å². The molecule has 25 heteroatoms. The van der Waals surface area contributed by atoms with Crippen LogP contribution in [0, 0.1) is 5.92 Å². The molecule has 4 rings (SSSR count). The Balaban J connectivity index is 0.000000953. The van der Waals surface area contributed by atoms with E-state index in [0.717, 1.165) is 55.1 Å². The van der Waals surface area contributed by atoms with Crippen molar-refractivity contribution < 1.29 is 90.1 Å². The fraction of sp³-hybridized carbons (Fsp3) is 0.830. The molecule has 2 saturated heterocycles. The zero-order chi connectivity index (χ0) is 58.8. The minimum Gasteiger partial charge on any atom is -0.462 e. The first-order valence-electron chi connectivity index (χ1n) is 27.8. The number of rotatable bonds is 40. The van der Waals surface area contributed by atoms with E-state index in [1.165, 1.54) is 51.4 Å². The molecule has 20 nitrogen and oxygen atoms in total. The molecule has 1 aliphatic carbocycles. The molecule has 0 N–H and O–H groups in total. The number of carbonyl (C=O) groups is 1. The Morgan fingerprint density at radius 3 is 1.42 bits per heavy atom. The molecular formula is C53H108O20Si5. The molecule has 2 aliphatic heterocycles. The van der Waals surface area contributed by atoms with Crippen molar-refractivity contribution in [3.8, 4) is 0 Å². The van der Waals surface area contributed by atoms with E-state index >= 15 is 0 Å². The summed E-state index contributed by atoms with van der Waals surface area (Å²) in [6, 6.07) is 13.0. The lowest BCUT2D eigenvalue weighted by molar-refractivity contribution is -0.139. The third kappa shape index (κ3) is 30.9. The summed E-state index contributed by atoms with van der Waals surface area (Å²) >= 11 is 0. The molecule has 0 spiro atoms. The molecule has 1 aromatic rings. The monoisotopic (exact) mass is 1200 g/mol. The second-order valence-electron chi connectivity index (χ2n) is 18.5. The van der Waals surface area contributed by atoms with Crippen LogP contribution in [-0.4, -0.2) is 200 Å². The van der Waals surface area contributed by atoms with Gasteiger partial charge in [0.25, 0.3) is 0 Å². The van der Waals surface area contributed by atoms with Crippen molar-refractivity contribution in [2.24, 2.45) is 5.92 Å². The molecule has 2 heterocycles. The average Bonchev–Trinajstić information content (AvgIpc) is 4.43. The summed E-state index contributed by atoms with van der Waals surface area (Å²) in [5, 5.41) is 0.975. The minimum atomic E-state index is -2.59. The molecule has 0 radical (unpaired) electrons. The first-order chi connectivity index (χ1) is 37.5. The van der Waals surface area contributed by atoms with Gasteiger partial charge in [0.05, 0.1) is 32.0 Å². The standard InChI is InChI=1S/C14H32O3Si.C11H22O4Si.C10H20O5Si.C9H20O5Si.C9H14O3Si/c1-5-9-10-11-12-13-14-18(15-6-2,16-7-3)17-8-4;1-12-16(13-2,14-3)7-6-9-4-5-10-11(8-9)15-10;1-9(2)10(11)15-7-6-8-16(12-3,13-4)14-5;1-10-15(11-2,12-3)6-4-5-13-7-9-8-14-9;1-10-13(11-2,12-3)9-7-5-4-6-8-9/h5-14H2,1-4H3;9-11H,4-8H2,1-3H3;1,6-8H2,2-5H3;9H,4-8H2,1-3H3;4-8H,1-3H3. The first kappa shape index (κ1) is 76.8. The van der Waals surface area contributed by atoms with E-state index in [1.54, 1.807) is 92.2 Å². The normalized spacial score (nSPS) is 17.9. The molecule has 4 atom stereocenters. The molecule has 78 heavy (non-hydrogen) atoms. The van der Waals surface area contributed by atoms with E-state index in [2.05, 4.69) is 13.5 Å². The summed E-state index contributed by atoms with van der Waals surface area (Å²) < 4.78 is 102. The predicted octanol–water partition coefficient (Wildman–Crippen LogP) is 9.03. The lowest BCUT2D eigenvalue weighted by Gasteiger charge is -2.28. The highest BCUT2D eigenvalue weighted by Crippen LogP contribution is 2.41. The minimum absolute atomic E-state index is 0.316. The van der Waals surface area contributed by atoms with Gasteiger partial charge < -0.3 is 85.3 Å². The Kier molecular flexibility index (Phi) is 44.6. The van der Waals surface area contributed by atoms with Gasteiger partial charge in [-0.2, -0.15) is 0 Å². The third-order valence-corrected chi connectivity index (χ3v) is 27.6. The maximum Gasteiger partial charge on any atom is 0.536 e. The van der Waals surface area contributed by atoms with Gasteiger partial charge in [0.15, 0.2) is 0 Å². The van der Waals surface area contributed by atoms with Crippen LogP contribution in [0.4, 0.5) is 0 Å². The van der Waals surface area contributed by atoms with Gasteiger partial charge in [-0.15, -0.1) is 0 Å². The number of benzene rings is 1. The van der Waals surface area contributed by atoms with Crippen molar-refractivity contribution >= 4 is 55.2 Å². The number of carbonyl (C=O) groups excluding carboxylic acids is 1. The fourth-order valence-electron chi connectivity index (χ4n) is 8.51. The van der Waals surface area contributed by atoms with Crippen LogP contribution in [0.2, 0.25) is 24.2 Å². The summed E-state index contributed by atoms with van der Waals surface area (Å²) in [4.78, 5) is 11.1. The average molecular weight is 1210 g/mol. The molecule has 1 aromatic carbocycles. The number of epoxide rings is 2. The van der Waals surface area contributed by atoms with Gasteiger partial charge in [-0.05, 0) is 78.6 Å². The van der Waals surface area contributed by atoms with Crippen LogP contribution < -0.4 is 5.19 Å². The summed E-state index contributed by atoms with van der Waals surface area (Å²) in [5.41, 5.74) is 0.397. The second-order valence-corrected chi connectivity index (χ2v) is 33.4. The molecule has 1 saturated carbocycles. The Labute approximate surface area is 477 Å². The van der Waals surface area contributed by atoms with Gasteiger partial charge in [-0.1, -0.05) is 75.9 Å². The summed E-state index contributed by atoms with van der Waals surface area (Å²) in [7, 11) is 7.16. The zero-order valence-corrected chi connectivity index (χ0v) is 56.3. The number of ether oxygens (including phenoxy) is 4. The van der Waals surface area contributed by atoms with Crippen LogP contribution in [0.3, 0.4) is 0 Å². The van der Waals surface area contributed by atoms with Crippen LogP contribution in [-0.2, 0) is 90.1 Å². The van der Waals surface area contributed by atoms with Gasteiger partial charge >= 0.3 is 50.0 Å². The predicted molar refractivity (Wildman–Crippen MR) is 313 cm³/mol. The number of esters is 1. The van der Waals surface area contributed by atoms with Gasteiger partial charge in [-0.3, -0.25) is 0 Å². The maximum atomic E-state index is 11.1. The number of hydrogen-bond donors (Lipinski definition) is 0. The highest BCUT2D eigenvalue weighted by molar-refractivity contribution is 6.75. The maximum absolute atomic E-state index is 11.1. The SMILES string of the molecule is C=C(C)C(=O)OCCC[Si](OC)(OC)OC.CCCCCCCC[Si](OCC)(OCC)OCC.CO[Si](CCC1CCC2OC2C1)(OC)OC.CO[Si](CCCOCC1CO1)(OC)OC.CO[Si](OC)(OC)c1ccccc1. The fourth-order valence-corrected chi connectivity index (χ4v) is 18.3. The highest BCUT2D eigenvalue weighted by atomic mass is 28.4. The molecule has 0 amide bonds. The van der Waals surface area contributed by atoms with Crippen molar-refractivity contribution in [1.82, 2.24) is 0 Å². The van der Waals surface area contributed by atoms with Crippen LogP contribution >= 0.6 is 0 Å². The van der Waals surface area contributed by atoms with Gasteiger partial charge in [-0.25, -0.2) is 4.79 Å². The smallest absolute Gasteiger partial charge is 0.462 e. The number of hydrogen-bond acceptors (Lipinski definition) is 20. The van der Waals surface area contributed by atoms with Crippen LogP contribution in [0.5, 0.6) is 0 Å². The zero-order valence-electron chi connectivity index (χ0n) is 51.3. The molecule has 0 bridgehead atoms. The highest BCUT2D eigenvalue weighted by Gasteiger charge is 2.46. The molecule has 3 aliphatic rings. The van der Waals surface area contributed by atoms with Crippen molar-refractivity contribution in [3.05, 3.63) is 42.5 Å². The summed E-state index contributed by atoms with van der Waals surface area (Å²) in [5.74, 6) is 0.385. The molecule has 3 fully saturated rings. The van der Waals surface area contributed by atoms with E-state index in [0.29, 0.717) is 76.0 Å². The van der Waals surface area contributed by atoms with Crippen molar-refractivity contribution in [1.29, 1.82) is 0 Å². The van der Waals surface area contributed by atoms with E-state index in [1.807, 2.05) is 51.1 Å². The Morgan fingerprint density at radius 1 is 0.551 bits per heavy atom. The van der Waals surface area contributed by atoms with E-state index in [9.17, 15) is 4.79 Å². The Hall–Kier alpha value is -1.21. The Morgan fingerprint density at radius 2 is 1.00 bits per heavy atom. The largest absolute Gasteiger partial charge is 0.536 e. The number of unbranched alkanes of at least 4 members (excludes halogenated alkanes) is 5. The van der Waals surface area contributed by atoms with E-state index in [4.69, 9.17) is 85.3 Å².